The van der Waals surface area contributed by atoms with Crippen LogP contribution in [0.15, 0.2) is 30.9 Å². The number of benzene rings is 1. The fourth-order valence-corrected chi connectivity index (χ4v) is 1.19. The van der Waals surface area contributed by atoms with Gasteiger partial charge in [-0.3, -0.25) is 0 Å². The van der Waals surface area contributed by atoms with Crippen LogP contribution < -0.4 is 5.73 Å². The third-order valence-electron chi connectivity index (χ3n) is 1.58. The van der Waals surface area contributed by atoms with Gasteiger partial charge in [-0.1, -0.05) is 12.1 Å². The van der Waals surface area contributed by atoms with Gasteiger partial charge in [-0.05, 0) is 40.3 Å². The van der Waals surface area contributed by atoms with Crippen LogP contribution in [0.5, 0.6) is 0 Å². The fraction of sp³-hybridized carbons (Fsp3) is 0.111. The standard InChI is InChI=1S/C9H9FIN/c1-2-9(12)6-3-4-8(11)7(10)5-6/h2-5,9H,1,12H2. The van der Waals surface area contributed by atoms with E-state index in [2.05, 4.69) is 6.58 Å². The van der Waals surface area contributed by atoms with Gasteiger partial charge >= 0.3 is 0 Å². The molecule has 0 aliphatic carbocycles. The minimum absolute atomic E-state index is 0.231. The number of hydrogen-bond donors (Lipinski definition) is 1. The fourth-order valence-electron chi connectivity index (χ4n) is 0.856. The van der Waals surface area contributed by atoms with Crippen molar-refractivity contribution in [2.75, 3.05) is 0 Å². The minimum Gasteiger partial charge on any atom is -0.321 e. The molecule has 1 aromatic rings. The maximum Gasteiger partial charge on any atom is 0.136 e. The number of nitrogens with two attached hydrogens (primary N) is 1. The van der Waals surface area contributed by atoms with Crippen LogP contribution >= 0.6 is 22.6 Å². The molecule has 1 atom stereocenters. The molecule has 0 amide bonds. The lowest BCUT2D eigenvalue weighted by Crippen LogP contribution is -2.06. The second-order valence-corrected chi connectivity index (χ2v) is 3.60. The predicted octanol–water partition coefficient (Wildman–Crippen LogP) is 2.62. The van der Waals surface area contributed by atoms with Crippen molar-refractivity contribution in [3.05, 3.63) is 45.8 Å². The molecule has 12 heavy (non-hydrogen) atoms. The number of hydrogen-bond acceptors (Lipinski definition) is 1. The first-order chi connectivity index (χ1) is 5.65. The largest absolute Gasteiger partial charge is 0.321 e. The average molecular weight is 277 g/mol. The highest BCUT2D eigenvalue weighted by Crippen LogP contribution is 2.17. The van der Waals surface area contributed by atoms with Gasteiger partial charge in [-0.2, -0.15) is 0 Å². The molecule has 1 nitrogen and oxygen atoms in total. The third kappa shape index (κ3) is 2.04. The molecule has 0 bridgehead atoms. The molecule has 0 radical (unpaired) electrons. The zero-order valence-corrected chi connectivity index (χ0v) is 8.58. The summed E-state index contributed by atoms with van der Waals surface area (Å²) in [6.07, 6.45) is 1.58. The van der Waals surface area contributed by atoms with Gasteiger partial charge in [0.1, 0.15) is 5.82 Å². The monoisotopic (exact) mass is 277 g/mol. The van der Waals surface area contributed by atoms with Crippen molar-refractivity contribution in [1.82, 2.24) is 0 Å². The summed E-state index contributed by atoms with van der Waals surface area (Å²) in [6.45, 7) is 3.54. The third-order valence-corrected chi connectivity index (χ3v) is 2.46. The molecule has 0 aliphatic rings. The van der Waals surface area contributed by atoms with Crippen molar-refractivity contribution in [2.24, 2.45) is 5.73 Å². The maximum absolute atomic E-state index is 13.0. The summed E-state index contributed by atoms with van der Waals surface area (Å²) in [5, 5.41) is 0. The predicted molar refractivity (Wildman–Crippen MR) is 56.2 cm³/mol. The molecule has 1 rings (SSSR count). The van der Waals surface area contributed by atoms with Crippen molar-refractivity contribution in [3.8, 4) is 0 Å². The van der Waals surface area contributed by atoms with Crippen molar-refractivity contribution in [2.45, 2.75) is 6.04 Å². The van der Waals surface area contributed by atoms with E-state index in [1.165, 1.54) is 6.07 Å². The zero-order valence-electron chi connectivity index (χ0n) is 6.43. The van der Waals surface area contributed by atoms with Gasteiger partial charge in [0.15, 0.2) is 0 Å². The van der Waals surface area contributed by atoms with Gasteiger partial charge in [0.25, 0.3) is 0 Å². The Morgan fingerprint density at radius 1 is 1.58 bits per heavy atom. The van der Waals surface area contributed by atoms with Crippen LogP contribution in [0, 0.1) is 9.39 Å². The lowest BCUT2D eigenvalue weighted by molar-refractivity contribution is 0.616. The average Bonchev–Trinajstić information content (AvgIpc) is 2.08. The highest BCUT2D eigenvalue weighted by atomic mass is 127. The Balaban J connectivity index is 3.04. The molecule has 0 aromatic heterocycles. The van der Waals surface area contributed by atoms with Crippen LogP contribution in [-0.4, -0.2) is 0 Å². The van der Waals surface area contributed by atoms with Gasteiger partial charge in [0, 0.05) is 9.61 Å². The Bertz CT molecular complexity index is 299. The molecular formula is C9H9FIN. The van der Waals surface area contributed by atoms with Crippen molar-refractivity contribution < 1.29 is 4.39 Å². The zero-order chi connectivity index (χ0) is 9.14. The first-order valence-corrected chi connectivity index (χ1v) is 4.56. The van der Waals surface area contributed by atoms with Gasteiger partial charge < -0.3 is 5.73 Å². The van der Waals surface area contributed by atoms with Crippen molar-refractivity contribution in [1.29, 1.82) is 0 Å². The normalized spacial score (nSPS) is 12.6. The number of rotatable bonds is 2. The van der Waals surface area contributed by atoms with Crippen LogP contribution in [0.25, 0.3) is 0 Å². The summed E-state index contributed by atoms with van der Waals surface area (Å²) in [5.74, 6) is -0.231. The highest BCUT2D eigenvalue weighted by molar-refractivity contribution is 14.1. The van der Waals surface area contributed by atoms with E-state index >= 15 is 0 Å². The molecule has 3 heteroatoms. The lowest BCUT2D eigenvalue weighted by Gasteiger charge is -2.06. The van der Waals surface area contributed by atoms with Crippen LogP contribution in [0.1, 0.15) is 11.6 Å². The quantitative estimate of drug-likeness (QED) is 0.652. The van der Waals surface area contributed by atoms with Gasteiger partial charge in [-0.25, -0.2) is 4.39 Å². The summed E-state index contributed by atoms with van der Waals surface area (Å²) in [4.78, 5) is 0. The Morgan fingerprint density at radius 2 is 2.25 bits per heavy atom. The van der Waals surface area contributed by atoms with E-state index in [4.69, 9.17) is 5.73 Å². The smallest absolute Gasteiger partial charge is 0.136 e. The molecule has 1 aromatic carbocycles. The van der Waals surface area contributed by atoms with E-state index in [-0.39, 0.29) is 11.9 Å². The van der Waals surface area contributed by atoms with E-state index in [9.17, 15) is 4.39 Å². The van der Waals surface area contributed by atoms with E-state index in [1.807, 2.05) is 22.6 Å². The summed E-state index contributed by atoms with van der Waals surface area (Å²) < 4.78 is 13.6. The van der Waals surface area contributed by atoms with Crippen molar-refractivity contribution >= 4 is 22.6 Å². The lowest BCUT2D eigenvalue weighted by atomic mass is 10.1. The molecule has 0 spiro atoms. The molecule has 64 valence electrons. The summed E-state index contributed by atoms with van der Waals surface area (Å²) in [7, 11) is 0. The molecule has 0 saturated heterocycles. The molecule has 0 aliphatic heterocycles. The molecule has 0 fully saturated rings. The molecule has 2 N–H and O–H groups in total. The molecular weight excluding hydrogens is 268 g/mol. The molecule has 0 heterocycles. The van der Waals surface area contributed by atoms with E-state index in [0.29, 0.717) is 3.57 Å². The van der Waals surface area contributed by atoms with E-state index in [0.717, 1.165) is 5.56 Å². The van der Waals surface area contributed by atoms with Crippen molar-refractivity contribution in [3.63, 3.8) is 0 Å². The van der Waals surface area contributed by atoms with Crippen LogP contribution in [0.3, 0.4) is 0 Å². The summed E-state index contributed by atoms with van der Waals surface area (Å²) in [5.41, 5.74) is 6.38. The second-order valence-electron chi connectivity index (χ2n) is 2.44. The van der Waals surface area contributed by atoms with Gasteiger partial charge in [0.05, 0.1) is 0 Å². The summed E-state index contributed by atoms with van der Waals surface area (Å²) in [6, 6.07) is 4.66. The Morgan fingerprint density at radius 3 is 2.75 bits per heavy atom. The Labute approximate surface area is 84.6 Å². The number of halogens is 2. The maximum atomic E-state index is 13.0. The Kier molecular flexibility index (Phi) is 3.22. The van der Waals surface area contributed by atoms with E-state index < -0.39 is 0 Å². The highest BCUT2D eigenvalue weighted by Gasteiger charge is 2.04. The van der Waals surface area contributed by atoms with Crippen LogP contribution in [0.2, 0.25) is 0 Å². The SMILES string of the molecule is C=CC(N)c1ccc(I)c(F)c1. The van der Waals surface area contributed by atoms with Crippen LogP contribution in [-0.2, 0) is 0 Å². The van der Waals surface area contributed by atoms with Gasteiger partial charge in [0.2, 0.25) is 0 Å². The summed E-state index contributed by atoms with van der Waals surface area (Å²) >= 11 is 1.93. The molecule has 0 saturated carbocycles. The minimum atomic E-state index is -0.281. The van der Waals surface area contributed by atoms with Gasteiger partial charge in [-0.15, -0.1) is 6.58 Å². The molecule has 1 unspecified atom stereocenters. The van der Waals surface area contributed by atoms with E-state index in [1.54, 1.807) is 18.2 Å². The topological polar surface area (TPSA) is 26.0 Å². The second kappa shape index (κ2) is 4.00. The van der Waals surface area contributed by atoms with Crippen LogP contribution in [0.4, 0.5) is 4.39 Å². The first kappa shape index (κ1) is 9.67. The Hall–Kier alpha value is -0.420. The first-order valence-electron chi connectivity index (χ1n) is 3.48.